The second-order valence-electron chi connectivity index (χ2n) is 3.69. The molecule has 0 amide bonds. The molecule has 0 aliphatic heterocycles. The Balaban J connectivity index is 0.00000289. The van der Waals surface area contributed by atoms with Gasteiger partial charge in [-0.15, -0.1) is 0 Å². The minimum Gasteiger partial charge on any atom is -0.548 e. The van der Waals surface area contributed by atoms with Crippen LogP contribution in [0.3, 0.4) is 0 Å². The Kier molecular flexibility index (Phi) is 7.59. The third-order valence-electron chi connectivity index (χ3n) is 2.19. The minimum absolute atomic E-state index is 0. The third kappa shape index (κ3) is 5.49. The molecule has 0 aliphatic rings. The summed E-state index contributed by atoms with van der Waals surface area (Å²) in [5, 5.41) is 10.7. The summed E-state index contributed by atoms with van der Waals surface area (Å²) in [6, 6.07) is 9.00. The van der Waals surface area contributed by atoms with Gasteiger partial charge in [0.1, 0.15) is 0 Å². The fraction of sp³-hybridized carbons (Fsp3) is 0.231. The summed E-state index contributed by atoms with van der Waals surface area (Å²) in [5.74, 6) is -1.31. The molecule has 0 radical (unpaired) electrons. The normalized spacial score (nSPS) is 10.4. The van der Waals surface area contributed by atoms with E-state index in [2.05, 4.69) is 0 Å². The Hall–Kier alpha value is -1.10. The number of carbonyl (C=O) groups is 2. The number of carboxylic acids is 1. The predicted octanol–water partition coefficient (Wildman–Crippen LogP) is -2.26. The quantitative estimate of drug-likeness (QED) is 0.440. The van der Waals surface area contributed by atoms with Crippen molar-refractivity contribution in [3.63, 3.8) is 0 Å². The van der Waals surface area contributed by atoms with Crippen LogP contribution in [0.4, 0.5) is 5.69 Å². The van der Waals surface area contributed by atoms with Gasteiger partial charge in [0.05, 0.1) is 12.5 Å². The molecule has 0 spiro atoms. The third-order valence-corrected chi connectivity index (χ3v) is 2.19. The van der Waals surface area contributed by atoms with Crippen molar-refractivity contribution in [2.24, 2.45) is 0 Å². The van der Waals surface area contributed by atoms with Crippen molar-refractivity contribution in [3.05, 3.63) is 42.1 Å². The van der Waals surface area contributed by atoms with Crippen LogP contribution in [0.2, 0.25) is 0 Å². The van der Waals surface area contributed by atoms with E-state index < -0.39 is 5.97 Å². The summed E-state index contributed by atoms with van der Waals surface area (Å²) in [6.45, 7) is 2.84. The van der Waals surface area contributed by atoms with Crippen molar-refractivity contribution < 1.29 is 44.3 Å². The molecule has 1 aromatic carbocycles. The van der Waals surface area contributed by atoms with Gasteiger partial charge in [-0.1, -0.05) is 18.2 Å². The van der Waals surface area contributed by atoms with E-state index in [0.29, 0.717) is 11.4 Å². The van der Waals surface area contributed by atoms with Crippen LogP contribution in [-0.4, -0.2) is 18.3 Å². The largest absolute Gasteiger partial charge is 1.00 e. The summed E-state index contributed by atoms with van der Waals surface area (Å²) < 4.78 is 0. The van der Waals surface area contributed by atoms with Gasteiger partial charge in [-0.05, 0) is 26.0 Å². The molecule has 0 aliphatic carbocycles. The van der Waals surface area contributed by atoms with Crippen LogP contribution in [0.5, 0.6) is 0 Å². The average Bonchev–Trinajstić information content (AvgIpc) is 2.25. The van der Waals surface area contributed by atoms with E-state index in [4.69, 9.17) is 0 Å². The Morgan fingerprint density at radius 3 is 2.22 bits per heavy atom. The number of allylic oxidation sites excluding steroid dienone is 2. The molecule has 0 fully saturated rings. The Labute approximate surface area is 129 Å². The minimum atomic E-state index is -1.19. The second-order valence-corrected chi connectivity index (χ2v) is 3.69. The number of hydrogen-bond acceptors (Lipinski definition) is 4. The number of anilines is 1. The molecule has 0 aromatic heterocycles. The molecule has 1 rings (SSSR count). The molecule has 18 heavy (non-hydrogen) atoms. The summed E-state index contributed by atoms with van der Waals surface area (Å²) >= 11 is 0. The maximum absolute atomic E-state index is 11.0. The van der Waals surface area contributed by atoms with Gasteiger partial charge in [0.15, 0.2) is 5.78 Å². The summed E-state index contributed by atoms with van der Waals surface area (Å²) in [7, 11) is 0. The van der Waals surface area contributed by atoms with Gasteiger partial charge < -0.3 is 14.8 Å². The van der Waals surface area contributed by atoms with Crippen molar-refractivity contribution in [1.29, 1.82) is 0 Å². The molecule has 0 atom stereocenters. The Morgan fingerprint density at radius 1 is 1.22 bits per heavy atom. The molecule has 0 saturated heterocycles. The fourth-order valence-corrected chi connectivity index (χ4v) is 1.53. The fourth-order valence-electron chi connectivity index (χ4n) is 1.53. The van der Waals surface area contributed by atoms with Crippen molar-refractivity contribution in [2.75, 3.05) is 11.4 Å². The van der Waals surface area contributed by atoms with E-state index in [-0.39, 0.29) is 41.9 Å². The smallest absolute Gasteiger partial charge is 0.548 e. The van der Waals surface area contributed by atoms with Gasteiger partial charge in [0.2, 0.25) is 0 Å². The average molecular weight is 255 g/mol. The summed E-state index contributed by atoms with van der Waals surface area (Å²) in [5.41, 5.74) is 1.29. The maximum atomic E-state index is 11.0. The van der Waals surface area contributed by atoms with Gasteiger partial charge in [-0.25, -0.2) is 0 Å². The molecule has 0 heterocycles. The van der Waals surface area contributed by atoms with Crippen molar-refractivity contribution >= 4 is 17.4 Å². The first-order chi connectivity index (χ1) is 8.00. The SMILES string of the molecule is CC(=O)C=C(C)N(CC(=O)[O-])c1ccccc1.[Na+]. The molecular formula is C13H14NNaO3. The number of hydrogen-bond donors (Lipinski definition) is 0. The number of para-hydroxylation sites is 1. The van der Waals surface area contributed by atoms with Crippen LogP contribution in [0.25, 0.3) is 0 Å². The molecule has 5 heteroatoms. The molecule has 1 aromatic rings. The van der Waals surface area contributed by atoms with Gasteiger partial charge >= 0.3 is 29.6 Å². The molecule has 0 saturated carbocycles. The first kappa shape index (κ1) is 16.9. The topological polar surface area (TPSA) is 60.4 Å². The van der Waals surface area contributed by atoms with Crippen LogP contribution < -0.4 is 39.6 Å². The number of rotatable bonds is 5. The van der Waals surface area contributed by atoms with E-state index in [1.54, 1.807) is 31.2 Å². The zero-order chi connectivity index (χ0) is 12.8. The number of aliphatic carboxylic acids is 1. The Morgan fingerprint density at radius 2 is 1.78 bits per heavy atom. The van der Waals surface area contributed by atoms with Gasteiger partial charge in [0.25, 0.3) is 0 Å². The van der Waals surface area contributed by atoms with Gasteiger partial charge in [-0.2, -0.15) is 0 Å². The van der Waals surface area contributed by atoms with Crippen LogP contribution in [0, 0.1) is 0 Å². The number of benzene rings is 1. The van der Waals surface area contributed by atoms with E-state index in [0.717, 1.165) is 0 Å². The van der Waals surface area contributed by atoms with Crippen molar-refractivity contribution in [1.82, 2.24) is 0 Å². The predicted molar refractivity (Wildman–Crippen MR) is 63.2 cm³/mol. The number of carboxylic acid groups (broad SMARTS) is 1. The second kappa shape index (κ2) is 8.08. The monoisotopic (exact) mass is 255 g/mol. The number of nitrogens with zero attached hydrogens (tertiary/aromatic N) is 1. The van der Waals surface area contributed by atoms with Crippen molar-refractivity contribution in [2.45, 2.75) is 13.8 Å². The molecule has 0 unspecified atom stereocenters. The van der Waals surface area contributed by atoms with E-state index in [1.165, 1.54) is 17.9 Å². The van der Waals surface area contributed by atoms with Gasteiger partial charge in [0, 0.05) is 17.5 Å². The zero-order valence-electron chi connectivity index (χ0n) is 10.8. The van der Waals surface area contributed by atoms with Crippen LogP contribution in [0.15, 0.2) is 42.1 Å². The molecule has 4 nitrogen and oxygen atoms in total. The van der Waals surface area contributed by atoms with Crippen molar-refractivity contribution in [3.8, 4) is 0 Å². The first-order valence-corrected chi connectivity index (χ1v) is 5.22. The maximum Gasteiger partial charge on any atom is 1.00 e. The molecule has 0 bridgehead atoms. The number of carbonyl (C=O) groups excluding carboxylic acids is 2. The molecule has 90 valence electrons. The van der Waals surface area contributed by atoms with E-state index >= 15 is 0 Å². The first-order valence-electron chi connectivity index (χ1n) is 5.22. The van der Waals surface area contributed by atoms with Crippen LogP contribution >= 0.6 is 0 Å². The van der Waals surface area contributed by atoms with Gasteiger partial charge in [-0.3, -0.25) is 4.79 Å². The van der Waals surface area contributed by atoms with E-state index in [1.807, 2.05) is 6.07 Å². The van der Waals surface area contributed by atoms with E-state index in [9.17, 15) is 14.7 Å². The Bertz CT molecular complexity index is 443. The summed E-state index contributed by atoms with van der Waals surface area (Å²) in [4.78, 5) is 23.2. The zero-order valence-corrected chi connectivity index (χ0v) is 12.8. The number of ketones is 1. The van der Waals surface area contributed by atoms with Crippen LogP contribution in [0.1, 0.15) is 13.8 Å². The standard InChI is InChI=1S/C13H15NO3.Na/c1-10(8-11(2)15)14(9-13(16)17)12-6-4-3-5-7-12;/h3-8H,9H2,1-2H3,(H,16,17);/q;+1/p-1. The molecular weight excluding hydrogens is 241 g/mol. The van der Waals surface area contributed by atoms with Crippen LogP contribution in [-0.2, 0) is 9.59 Å². The summed E-state index contributed by atoms with van der Waals surface area (Å²) in [6.07, 6.45) is 1.40. The molecule has 0 N–H and O–H groups in total.